The molecule has 2 aromatic rings. The average molecular weight is 234 g/mol. The van der Waals surface area contributed by atoms with Crippen LogP contribution < -0.4 is 10.5 Å². The highest BCUT2D eigenvalue weighted by atomic mass is 16.5. The lowest BCUT2D eigenvalue weighted by Gasteiger charge is -2.08. The number of rotatable bonds is 3. The Morgan fingerprint density at radius 3 is 2.82 bits per heavy atom. The van der Waals surface area contributed by atoms with Crippen LogP contribution in [-0.4, -0.2) is 25.2 Å². The Balaban J connectivity index is 2.50. The quantitative estimate of drug-likeness (QED) is 0.786. The number of aromatic nitrogens is 1. The van der Waals surface area contributed by atoms with Gasteiger partial charge in [-0.2, -0.15) is 0 Å². The van der Waals surface area contributed by atoms with Crippen LogP contribution in [0, 0.1) is 0 Å². The monoisotopic (exact) mass is 234 g/mol. The van der Waals surface area contributed by atoms with Crippen molar-refractivity contribution >= 4 is 16.9 Å². The molecular formula is C12H14N2O3. The summed E-state index contributed by atoms with van der Waals surface area (Å²) in [5.74, 6) is 0.254. The fraction of sp³-hybridized carbons (Fsp3) is 0.250. The zero-order valence-corrected chi connectivity index (χ0v) is 9.69. The second-order valence-corrected chi connectivity index (χ2v) is 3.66. The molecule has 0 fully saturated rings. The van der Waals surface area contributed by atoms with Crippen molar-refractivity contribution in [2.45, 2.75) is 6.04 Å². The Labute approximate surface area is 98.5 Å². The Hall–Kier alpha value is -2.01. The van der Waals surface area contributed by atoms with Crippen LogP contribution >= 0.6 is 0 Å². The van der Waals surface area contributed by atoms with Crippen LogP contribution in [-0.2, 0) is 9.53 Å². The van der Waals surface area contributed by atoms with E-state index in [4.69, 9.17) is 10.5 Å². The Morgan fingerprint density at radius 2 is 2.18 bits per heavy atom. The summed E-state index contributed by atoms with van der Waals surface area (Å²) in [6, 6.07) is 4.76. The van der Waals surface area contributed by atoms with Crippen LogP contribution in [0.15, 0.2) is 24.4 Å². The van der Waals surface area contributed by atoms with Crippen LogP contribution in [0.25, 0.3) is 10.9 Å². The molecule has 0 aliphatic carbocycles. The van der Waals surface area contributed by atoms with E-state index in [0.717, 1.165) is 16.7 Å². The van der Waals surface area contributed by atoms with Crippen LogP contribution in [0.4, 0.5) is 0 Å². The molecule has 17 heavy (non-hydrogen) atoms. The molecule has 1 aromatic heterocycles. The number of aromatic amines is 1. The summed E-state index contributed by atoms with van der Waals surface area (Å²) < 4.78 is 9.77. The molecule has 0 spiro atoms. The van der Waals surface area contributed by atoms with Gasteiger partial charge in [0.25, 0.3) is 0 Å². The van der Waals surface area contributed by atoms with E-state index in [1.165, 1.54) is 7.11 Å². The van der Waals surface area contributed by atoms with E-state index in [-0.39, 0.29) is 0 Å². The van der Waals surface area contributed by atoms with Crippen molar-refractivity contribution in [2.75, 3.05) is 14.2 Å². The van der Waals surface area contributed by atoms with Crippen LogP contribution in [0.2, 0.25) is 0 Å². The molecule has 3 N–H and O–H groups in total. The maximum atomic E-state index is 11.4. The molecule has 0 aliphatic heterocycles. The van der Waals surface area contributed by atoms with Gasteiger partial charge in [0.05, 0.1) is 14.2 Å². The van der Waals surface area contributed by atoms with Gasteiger partial charge in [0, 0.05) is 22.7 Å². The number of esters is 1. The number of carbonyl (C=O) groups excluding carboxylic acids is 1. The van der Waals surface area contributed by atoms with Gasteiger partial charge in [0.1, 0.15) is 11.8 Å². The number of methoxy groups -OCH3 is 2. The molecule has 0 unspecified atom stereocenters. The van der Waals surface area contributed by atoms with Gasteiger partial charge in [-0.25, -0.2) is 0 Å². The zero-order valence-electron chi connectivity index (χ0n) is 9.69. The topological polar surface area (TPSA) is 77.3 Å². The van der Waals surface area contributed by atoms with Crippen molar-refractivity contribution in [1.82, 2.24) is 4.98 Å². The molecule has 0 radical (unpaired) electrons. The highest BCUT2D eigenvalue weighted by Crippen LogP contribution is 2.27. The van der Waals surface area contributed by atoms with Crippen molar-refractivity contribution in [1.29, 1.82) is 0 Å². The van der Waals surface area contributed by atoms with Crippen LogP contribution in [0.1, 0.15) is 11.6 Å². The average Bonchev–Trinajstić information content (AvgIpc) is 2.79. The molecule has 0 saturated heterocycles. The maximum absolute atomic E-state index is 11.4. The van der Waals surface area contributed by atoms with Gasteiger partial charge in [-0.15, -0.1) is 0 Å². The Bertz CT molecular complexity index is 548. The summed E-state index contributed by atoms with van der Waals surface area (Å²) in [5, 5.41) is 0.863. The van der Waals surface area contributed by atoms with Gasteiger partial charge in [-0.1, -0.05) is 0 Å². The Kier molecular flexibility index (Phi) is 3.01. The molecule has 0 aliphatic rings. The van der Waals surface area contributed by atoms with E-state index in [2.05, 4.69) is 9.72 Å². The maximum Gasteiger partial charge on any atom is 0.327 e. The Morgan fingerprint density at radius 1 is 1.41 bits per heavy atom. The predicted octanol–water partition coefficient (Wildman–Crippen LogP) is 1.35. The number of nitrogens with one attached hydrogen (secondary N) is 1. The first kappa shape index (κ1) is 11.5. The highest BCUT2D eigenvalue weighted by molar-refractivity contribution is 5.90. The first-order valence-electron chi connectivity index (χ1n) is 5.15. The third-order valence-electron chi connectivity index (χ3n) is 2.71. The molecule has 90 valence electrons. The van der Waals surface area contributed by atoms with E-state index in [1.807, 2.05) is 18.2 Å². The third-order valence-corrected chi connectivity index (χ3v) is 2.71. The molecule has 1 aromatic carbocycles. The van der Waals surface area contributed by atoms with E-state index in [1.54, 1.807) is 13.3 Å². The molecule has 1 heterocycles. The van der Waals surface area contributed by atoms with Crippen molar-refractivity contribution < 1.29 is 14.3 Å². The standard InChI is InChI=1S/C12H14N2O3/c1-16-7-3-4-10-8(5-7)9(6-14-10)11(13)12(15)17-2/h3-6,11,14H,13H2,1-2H3/t11-/m0/s1. The summed E-state index contributed by atoms with van der Waals surface area (Å²) in [5.41, 5.74) is 7.42. The number of fused-ring (bicyclic) bond motifs is 1. The second kappa shape index (κ2) is 4.47. The van der Waals surface area contributed by atoms with Crippen molar-refractivity contribution in [3.8, 4) is 5.75 Å². The molecule has 2 rings (SSSR count). The smallest absolute Gasteiger partial charge is 0.327 e. The fourth-order valence-corrected chi connectivity index (χ4v) is 1.76. The van der Waals surface area contributed by atoms with Crippen LogP contribution in [0.3, 0.4) is 0 Å². The summed E-state index contributed by atoms with van der Waals surface area (Å²) in [4.78, 5) is 14.5. The largest absolute Gasteiger partial charge is 0.497 e. The number of benzene rings is 1. The number of carbonyl (C=O) groups is 1. The zero-order chi connectivity index (χ0) is 12.4. The number of H-pyrrole nitrogens is 1. The lowest BCUT2D eigenvalue weighted by atomic mass is 10.1. The minimum absolute atomic E-state index is 0.464. The molecule has 5 heteroatoms. The minimum atomic E-state index is -0.791. The number of hydrogen-bond acceptors (Lipinski definition) is 4. The number of nitrogens with two attached hydrogens (primary N) is 1. The summed E-state index contributed by atoms with van der Waals surface area (Å²) in [6.45, 7) is 0. The molecule has 0 saturated carbocycles. The molecule has 5 nitrogen and oxygen atoms in total. The lowest BCUT2D eigenvalue weighted by Crippen LogP contribution is -2.22. The van der Waals surface area contributed by atoms with E-state index in [9.17, 15) is 4.79 Å². The highest BCUT2D eigenvalue weighted by Gasteiger charge is 2.20. The fourth-order valence-electron chi connectivity index (χ4n) is 1.76. The lowest BCUT2D eigenvalue weighted by molar-refractivity contribution is -0.142. The van der Waals surface area contributed by atoms with E-state index >= 15 is 0 Å². The summed E-state index contributed by atoms with van der Waals surface area (Å²) in [6.07, 6.45) is 1.71. The van der Waals surface area contributed by atoms with Crippen LogP contribution in [0.5, 0.6) is 5.75 Å². The van der Waals surface area contributed by atoms with Crippen molar-refractivity contribution in [2.24, 2.45) is 5.73 Å². The van der Waals surface area contributed by atoms with E-state index in [0.29, 0.717) is 5.56 Å². The van der Waals surface area contributed by atoms with Gasteiger partial charge in [0.15, 0.2) is 0 Å². The second-order valence-electron chi connectivity index (χ2n) is 3.66. The van der Waals surface area contributed by atoms with Gasteiger partial charge in [-0.3, -0.25) is 4.79 Å². The number of ether oxygens (including phenoxy) is 2. The normalized spacial score (nSPS) is 12.4. The third kappa shape index (κ3) is 1.97. The van der Waals surface area contributed by atoms with Crippen molar-refractivity contribution in [3.63, 3.8) is 0 Å². The van der Waals surface area contributed by atoms with Gasteiger partial charge < -0.3 is 20.2 Å². The number of hydrogen-bond donors (Lipinski definition) is 2. The molecule has 0 bridgehead atoms. The van der Waals surface area contributed by atoms with Gasteiger partial charge in [-0.05, 0) is 18.2 Å². The molecule has 0 amide bonds. The predicted molar refractivity (Wildman–Crippen MR) is 63.8 cm³/mol. The molecular weight excluding hydrogens is 220 g/mol. The first-order valence-corrected chi connectivity index (χ1v) is 5.15. The van der Waals surface area contributed by atoms with Gasteiger partial charge >= 0.3 is 5.97 Å². The summed E-state index contributed by atoms with van der Waals surface area (Å²) in [7, 11) is 2.91. The SMILES string of the molecule is COC(=O)[C@@H](N)c1c[nH]c2ccc(OC)cc12. The summed E-state index contributed by atoms with van der Waals surface area (Å²) >= 11 is 0. The first-order chi connectivity index (χ1) is 8.17. The van der Waals surface area contributed by atoms with Gasteiger partial charge in [0.2, 0.25) is 0 Å². The van der Waals surface area contributed by atoms with Crippen molar-refractivity contribution in [3.05, 3.63) is 30.0 Å². The molecule has 1 atom stereocenters. The minimum Gasteiger partial charge on any atom is -0.497 e. The van der Waals surface area contributed by atoms with E-state index < -0.39 is 12.0 Å².